The van der Waals surface area contributed by atoms with E-state index in [1.165, 1.54) is 0 Å². The SMILES string of the molecule is Cc1ccc(S(=O)(=O)c2[nH]c(-c3ccccc3)nc2SCC(=O)Nc2ccc(Br)cc2)cc1. The Balaban J connectivity index is 1.63. The summed E-state index contributed by atoms with van der Waals surface area (Å²) in [5.74, 6) is 0.174. The lowest BCUT2D eigenvalue weighted by atomic mass is 10.2. The van der Waals surface area contributed by atoms with Crippen molar-refractivity contribution in [2.24, 2.45) is 0 Å². The van der Waals surface area contributed by atoms with Gasteiger partial charge in [0.05, 0.1) is 10.6 Å². The molecule has 4 rings (SSSR count). The number of amides is 1. The van der Waals surface area contributed by atoms with Gasteiger partial charge >= 0.3 is 0 Å². The van der Waals surface area contributed by atoms with Gasteiger partial charge in [-0.2, -0.15) is 0 Å². The number of anilines is 1. The average Bonchev–Trinajstić information content (AvgIpc) is 3.25. The van der Waals surface area contributed by atoms with E-state index in [0.717, 1.165) is 27.4 Å². The summed E-state index contributed by atoms with van der Waals surface area (Å²) in [4.78, 5) is 20.1. The highest BCUT2D eigenvalue weighted by Crippen LogP contribution is 2.32. The minimum absolute atomic E-state index is 0.00552. The molecule has 6 nitrogen and oxygen atoms in total. The number of imidazole rings is 1. The number of hydrogen-bond donors (Lipinski definition) is 2. The second-order valence-electron chi connectivity index (χ2n) is 7.25. The number of rotatable bonds is 7. The summed E-state index contributed by atoms with van der Waals surface area (Å²) < 4.78 is 27.7. The molecular formula is C24H20BrN3O3S2. The first-order chi connectivity index (χ1) is 15.8. The first kappa shape index (κ1) is 23.3. The predicted octanol–water partition coefficient (Wildman–Crippen LogP) is 5.71. The van der Waals surface area contributed by atoms with Crippen molar-refractivity contribution in [3.63, 3.8) is 0 Å². The molecule has 33 heavy (non-hydrogen) atoms. The monoisotopic (exact) mass is 541 g/mol. The Kier molecular flexibility index (Phi) is 7.02. The number of carbonyl (C=O) groups excluding carboxylic acids is 1. The molecule has 1 amide bonds. The lowest BCUT2D eigenvalue weighted by Crippen LogP contribution is -2.14. The van der Waals surface area contributed by atoms with Gasteiger partial charge in [0.1, 0.15) is 10.9 Å². The highest BCUT2D eigenvalue weighted by atomic mass is 79.9. The number of halogens is 1. The first-order valence-electron chi connectivity index (χ1n) is 9.98. The highest BCUT2D eigenvalue weighted by molar-refractivity contribution is 9.10. The topological polar surface area (TPSA) is 91.9 Å². The highest BCUT2D eigenvalue weighted by Gasteiger charge is 2.26. The molecule has 3 aromatic carbocycles. The number of aromatic nitrogens is 2. The lowest BCUT2D eigenvalue weighted by Gasteiger charge is -2.07. The van der Waals surface area contributed by atoms with Gasteiger partial charge in [0, 0.05) is 15.7 Å². The van der Waals surface area contributed by atoms with Crippen LogP contribution in [0.15, 0.2) is 98.3 Å². The summed E-state index contributed by atoms with van der Waals surface area (Å²) >= 11 is 4.43. The molecule has 1 heterocycles. The molecule has 1 aromatic heterocycles. The van der Waals surface area contributed by atoms with Gasteiger partial charge in [-0.3, -0.25) is 4.79 Å². The molecular weight excluding hydrogens is 522 g/mol. The summed E-state index contributed by atoms with van der Waals surface area (Å²) in [5, 5.41) is 3.03. The Hall–Kier alpha value is -2.88. The zero-order valence-corrected chi connectivity index (χ0v) is 20.8. The minimum atomic E-state index is -3.86. The zero-order chi connectivity index (χ0) is 23.4. The second kappa shape index (κ2) is 9.94. The Labute approximate surface area is 204 Å². The van der Waals surface area contributed by atoms with Crippen LogP contribution in [0.4, 0.5) is 5.69 Å². The molecule has 0 saturated carbocycles. The van der Waals surface area contributed by atoms with E-state index < -0.39 is 9.84 Å². The van der Waals surface area contributed by atoms with E-state index in [9.17, 15) is 13.2 Å². The fraction of sp³-hybridized carbons (Fsp3) is 0.0833. The first-order valence-corrected chi connectivity index (χ1v) is 13.2. The number of benzene rings is 3. The Morgan fingerprint density at radius 2 is 1.67 bits per heavy atom. The third kappa shape index (κ3) is 5.55. The maximum absolute atomic E-state index is 13.4. The van der Waals surface area contributed by atoms with E-state index in [-0.39, 0.29) is 26.6 Å². The molecule has 0 spiro atoms. The standard InChI is InChI=1S/C24H20BrN3O3S2/c1-16-7-13-20(14-8-16)33(30,31)24-23(27-22(28-24)17-5-3-2-4-6-17)32-15-21(29)26-19-11-9-18(25)10-12-19/h2-14H,15H2,1H3,(H,26,29)(H,27,28). The molecule has 0 aliphatic heterocycles. The van der Waals surface area contributed by atoms with Crippen LogP contribution in [0.5, 0.6) is 0 Å². The van der Waals surface area contributed by atoms with Crippen LogP contribution in [0.2, 0.25) is 0 Å². The molecule has 0 atom stereocenters. The Morgan fingerprint density at radius 3 is 2.33 bits per heavy atom. The quantitative estimate of drug-likeness (QED) is 0.292. The maximum Gasteiger partial charge on any atom is 0.234 e. The fourth-order valence-electron chi connectivity index (χ4n) is 3.05. The van der Waals surface area contributed by atoms with Crippen LogP contribution >= 0.6 is 27.7 Å². The van der Waals surface area contributed by atoms with Crippen LogP contribution in [-0.2, 0) is 14.6 Å². The molecule has 0 unspecified atom stereocenters. The number of thioether (sulfide) groups is 1. The molecule has 0 saturated heterocycles. The van der Waals surface area contributed by atoms with Crippen LogP contribution in [0, 0.1) is 6.92 Å². The Bertz CT molecular complexity index is 1370. The van der Waals surface area contributed by atoms with Crippen molar-refractivity contribution < 1.29 is 13.2 Å². The number of aryl methyl sites for hydroxylation is 1. The van der Waals surface area contributed by atoms with Gasteiger partial charge in [0.15, 0.2) is 5.03 Å². The molecule has 0 aliphatic rings. The van der Waals surface area contributed by atoms with Crippen molar-refractivity contribution in [1.82, 2.24) is 9.97 Å². The van der Waals surface area contributed by atoms with Crippen molar-refractivity contribution >= 4 is 49.1 Å². The van der Waals surface area contributed by atoms with Gasteiger partial charge in [0.25, 0.3) is 0 Å². The van der Waals surface area contributed by atoms with Gasteiger partial charge in [-0.25, -0.2) is 13.4 Å². The normalized spacial score (nSPS) is 11.3. The van der Waals surface area contributed by atoms with Crippen LogP contribution in [0.25, 0.3) is 11.4 Å². The van der Waals surface area contributed by atoms with Gasteiger partial charge < -0.3 is 10.3 Å². The molecule has 168 valence electrons. The summed E-state index contributed by atoms with van der Waals surface area (Å²) in [7, 11) is -3.86. The van der Waals surface area contributed by atoms with Gasteiger partial charge in [-0.05, 0) is 43.3 Å². The number of hydrogen-bond acceptors (Lipinski definition) is 5. The number of sulfone groups is 1. The predicted molar refractivity (Wildman–Crippen MR) is 134 cm³/mol. The zero-order valence-electron chi connectivity index (χ0n) is 17.6. The van der Waals surface area contributed by atoms with E-state index >= 15 is 0 Å². The summed E-state index contributed by atoms with van der Waals surface area (Å²) in [5.41, 5.74) is 2.37. The number of H-pyrrole nitrogens is 1. The average molecular weight is 542 g/mol. The number of nitrogens with one attached hydrogen (secondary N) is 2. The van der Waals surface area contributed by atoms with Gasteiger partial charge in [-0.1, -0.05) is 75.7 Å². The number of nitrogens with zero attached hydrogens (tertiary/aromatic N) is 1. The van der Waals surface area contributed by atoms with Crippen LogP contribution in [0.1, 0.15) is 5.56 Å². The van der Waals surface area contributed by atoms with Crippen molar-refractivity contribution in [1.29, 1.82) is 0 Å². The van der Waals surface area contributed by atoms with Crippen molar-refractivity contribution in [3.8, 4) is 11.4 Å². The van der Waals surface area contributed by atoms with E-state index in [1.807, 2.05) is 49.4 Å². The van der Waals surface area contributed by atoms with E-state index in [0.29, 0.717) is 11.5 Å². The summed E-state index contributed by atoms with van der Waals surface area (Å²) in [6, 6.07) is 23.1. The van der Waals surface area contributed by atoms with Gasteiger partial charge in [0.2, 0.25) is 15.7 Å². The molecule has 4 aromatic rings. The lowest BCUT2D eigenvalue weighted by molar-refractivity contribution is -0.113. The molecule has 2 N–H and O–H groups in total. The van der Waals surface area contributed by atoms with Crippen molar-refractivity contribution in [2.45, 2.75) is 21.9 Å². The molecule has 0 bridgehead atoms. The number of carbonyl (C=O) groups is 1. The fourth-order valence-corrected chi connectivity index (χ4v) is 5.74. The largest absolute Gasteiger partial charge is 0.328 e. The summed E-state index contributed by atoms with van der Waals surface area (Å²) in [6.07, 6.45) is 0. The minimum Gasteiger partial charge on any atom is -0.328 e. The van der Waals surface area contributed by atoms with Crippen molar-refractivity contribution in [2.75, 3.05) is 11.1 Å². The summed E-state index contributed by atoms with van der Waals surface area (Å²) in [6.45, 7) is 1.89. The van der Waals surface area contributed by atoms with Gasteiger partial charge in [-0.15, -0.1) is 0 Å². The van der Waals surface area contributed by atoms with Crippen LogP contribution in [0.3, 0.4) is 0 Å². The number of aromatic amines is 1. The van der Waals surface area contributed by atoms with Crippen LogP contribution < -0.4 is 5.32 Å². The van der Waals surface area contributed by atoms with E-state index in [2.05, 4.69) is 31.2 Å². The smallest absolute Gasteiger partial charge is 0.234 e. The molecule has 9 heteroatoms. The molecule has 0 fully saturated rings. The Morgan fingerprint density at radius 1 is 1.00 bits per heavy atom. The molecule has 0 radical (unpaired) electrons. The third-order valence-corrected chi connectivity index (χ3v) is 8.11. The maximum atomic E-state index is 13.4. The molecule has 0 aliphatic carbocycles. The van der Waals surface area contributed by atoms with E-state index in [1.54, 1.807) is 36.4 Å². The van der Waals surface area contributed by atoms with Crippen LogP contribution in [-0.4, -0.2) is 30.0 Å². The second-order valence-corrected chi connectivity index (χ2v) is 11.0. The third-order valence-electron chi connectivity index (χ3n) is 4.75. The van der Waals surface area contributed by atoms with E-state index in [4.69, 9.17) is 0 Å². The van der Waals surface area contributed by atoms with Crippen molar-refractivity contribution in [3.05, 3.63) is 88.9 Å².